The molecule has 100 valence electrons. The number of aromatic nitrogens is 2. The Bertz CT molecular complexity index is 536. The minimum Gasteiger partial charge on any atom is -0.396 e. The highest BCUT2D eigenvalue weighted by Crippen LogP contribution is 2.16. The monoisotopic (exact) mass is 262 g/mol. The number of rotatable bonds is 6. The van der Waals surface area contributed by atoms with Gasteiger partial charge in [-0.15, -0.1) is 0 Å². The molecule has 3 N–H and O–H groups in total. The van der Waals surface area contributed by atoms with Crippen LogP contribution in [0.5, 0.6) is 0 Å². The van der Waals surface area contributed by atoms with E-state index in [1.165, 1.54) is 18.5 Å². The molecule has 0 aliphatic carbocycles. The molecule has 0 aliphatic heterocycles. The number of aliphatic hydroxyl groups is 1. The van der Waals surface area contributed by atoms with Crippen LogP contribution in [0.2, 0.25) is 0 Å². The summed E-state index contributed by atoms with van der Waals surface area (Å²) in [7, 11) is 0. The van der Waals surface area contributed by atoms with Crippen molar-refractivity contribution in [2.75, 3.05) is 23.8 Å². The summed E-state index contributed by atoms with van der Waals surface area (Å²) in [5.74, 6) is 0.926. The van der Waals surface area contributed by atoms with Crippen molar-refractivity contribution in [2.45, 2.75) is 6.42 Å². The molecule has 0 aliphatic rings. The zero-order valence-electron chi connectivity index (χ0n) is 10.3. The van der Waals surface area contributed by atoms with Gasteiger partial charge in [0.2, 0.25) is 0 Å². The van der Waals surface area contributed by atoms with E-state index in [1.807, 2.05) is 0 Å². The Balaban J connectivity index is 2.02. The number of nitrogens with one attached hydrogen (secondary N) is 2. The summed E-state index contributed by atoms with van der Waals surface area (Å²) >= 11 is 0. The lowest BCUT2D eigenvalue weighted by atomic mass is 10.3. The summed E-state index contributed by atoms with van der Waals surface area (Å²) in [5.41, 5.74) is 0.625. The van der Waals surface area contributed by atoms with Gasteiger partial charge in [0.15, 0.2) is 0 Å². The lowest BCUT2D eigenvalue weighted by Gasteiger charge is -2.08. The maximum Gasteiger partial charge on any atom is 0.135 e. The van der Waals surface area contributed by atoms with E-state index in [4.69, 9.17) is 5.11 Å². The third-order valence-electron chi connectivity index (χ3n) is 2.41. The Morgan fingerprint density at radius 2 is 2.00 bits per heavy atom. The molecule has 19 heavy (non-hydrogen) atoms. The van der Waals surface area contributed by atoms with E-state index >= 15 is 0 Å². The van der Waals surface area contributed by atoms with Gasteiger partial charge in [-0.1, -0.05) is 6.07 Å². The maximum absolute atomic E-state index is 13.0. The Morgan fingerprint density at radius 1 is 1.16 bits per heavy atom. The fourth-order valence-electron chi connectivity index (χ4n) is 1.53. The third kappa shape index (κ3) is 4.18. The van der Waals surface area contributed by atoms with Crippen molar-refractivity contribution < 1.29 is 9.50 Å². The summed E-state index contributed by atoms with van der Waals surface area (Å²) < 4.78 is 13.0. The van der Waals surface area contributed by atoms with Crippen LogP contribution in [0.3, 0.4) is 0 Å². The molecule has 0 unspecified atom stereocenters. The van der Waals surface area contributed by atoms with Crippen molar-refractivity contribution in [3.8, 4) is 0 Å². The molecule has 1 aromatic heterocycles. The third-order valence-corrected chi connectivity index (χ3v) is 2.41. The van der Waals surface area contributed by atoms with Crippen LogP contribution >= 0.6 is 0 Å². The highest BCUT2D eigenvalue weighted by atomic mass is 19.1. The summed E-state index contributed by atoms with van der Waals surface area (Å²) in [6.07, 6.45) is 2.07. The van der Waals surface area contributed by atoms with Crippen LogP contribution in [-0.4, -0.2) is 28.2 Å². The summed E-state index contributed by atoms with van der Waals surface area (Å²) in [6, 6.07) is 7.87. The fourth-order valence-corrected chi connectivity index (χ4v) is 1.53. The second-order valence-electron chi connectivity index (χ2n) is 3.93. The first-order valence-corrected chi connectivity index (χ1v) is 5.97. The molecule has 1 aromatic carbocycles. The van der Waals surface area contributed by atoms with Crippen LogP contribution in [0.4, 0.5) is 21.7 Å². The second kappa shape index (κ2) is 6.65. The van der Waals surface area contributed by atoms with Crippen molar-refractivity contribution in [1.82, 2.24) is 9.97 Å². The van der Waals surface area contributed by atoms with Gasteiger partial charge in [-0.3, -0.25) is 0 Å². The van der Waals surface area contributed by atoms with Gasteiger partial charge >= 0.3 is 0 Å². The molecule has 5 nitrogen and oxygen atoms in total. The predicted octanol–water partition coefficient (Wildman–Crippen LogP) is 2.15. The lowest BCUT2D eigenvalue weighted by Crippen LogP contribution is -2.06. The zero-order chi connectivity index (χ0) is 13.5. The summed E-state index contributed by atoms with van der Waals surface area (Å²) in [4.78, 5) is 8.11. The highest BCUT2D eigenvalue weighted by Gasteiger charge is 2.00. The van der Waals surface area contributed by atoms with E-state index in [2.05, 4.69) is 20.6 Å². The first kappa shape index (κ1) is 13.2. The maximum atomic E-state index is 13.0. The molecule has 0 saturated heterocycles. The lowest BCUT2D eigenvalue weighted by molar-refractivity contribution is 0.292. The summed E-state index contributed by atoms with van der Waals surface area (Å²) in [5, 5.41) is 14.8. The Kier molecular flexibility index (Phi) is 4.63. The topological polar surface area (TPSA) is 70.1 Å². The molecular formula is C13H15FN4O. The molecular weight excluding hydrogens is 247 g/mol. The number of nitrogens with zero attached hydrogens (tertiary/aromatic N) is 2. The number of halogens is 1. The molecule has 0 bridgehead atoms. The number of anilines is 3. The normalized spacial score (nSPS) is 10.2. The van der Waals surface area contributed by atoms with Gasteiger partial charge in [0, 0.05) is 24.9 Å². The fraction of sp³-hybridized carbons (Fsp3) is 0.231. The van der Waals surface area contributed by atoms with Crippen LogP contribution in [0, 0.1) is 5.82 Å². The van der Waals surface area contributed by atoms with Crippen molar-refractivity contribution in [3.05, 3.63) is 42.5 Å². The smallest absolute Gasteiger partial charge is 0.135 e. The standard InChI is InChI=1S/C13H15FN4O/c14-10-3-1-4-11(7-10)18-13-8-12(16-9-17-13)15-5-2-6-19/h1,3-4,7-9,19H,2,5-6H2,(H2,15,16,17,18). The van der Waals surface area contributed by atoms with E-state index in [0.717, 1.165) is 0 Å². The van der Waals surface area contributed by atoms with Crippen LogP contribution in [0.25, 0.3) is 0 Å². The molecule has 0 amide bonds. The molecule has 0 spiro atoms. The molecule has 0 saturated carbocycles. The molecule has 6 heteroatoms. The second-order valence-corrected chi connectivity index (χ2v) is 3.93. The van der Waals surface area contributed by atoms with E-state index in [9.17, 15) is 4.39 Å². The summed E-state index contributed by atoms with van der Waals surface area (Å²) in [6.45, 7) is 0.763. The molecule has 0 fully saturated rings. The number of benzene rings is 1. The Morgan fingerprint density at radius 3 is 2.79 bits per heavy atom. The number of hydrogen-bond donors (Lipinski definition) is 3. The van der Waals surface area contributed by atoms with Crippen molar-refractivity contribution in [1.29, 1.82) is 0 Å². The SMILES string of the molecule is OCCCNc1cc(Nc2cccc(F)c2)ncn1. The van der Waals surface area contributed by atoms with Crippen LogP contribution in [0.1, 0.15) is 6.42 Å². The average Bonchev–Trinajstić information content (AvgIpc) is 2.39. The van der Waals surface area contributed by atoms with Crippen molar-refractivity contribution >= 4 is 17.3 Å². The predicted molar refractivity (Wildman–Crippen MR) is 71.9 cm³/mol. The zero-order valence-corrected chi connectivity index (χ0v) is 10.3. The largest absolute Gasteiger partial charge is 0.396 e. The minimum absolute atomic E-state index is 0.131. The highest BCUT2D eigenvalue weighted by molar-refractivity contribution is 5.58. The van der Waals surface area contributed by atoms with Gasteiger partial charge < -0.3 is 15.7 Å². The minimum atomic E-state index is -0.305. The van der Waals surface area contributed by atoms with Gasteiger partial charge in [0.1, 0.15) is 23.8 Å². The van der Waals surface area contributed by atoms with Gasteiger partial charge in [-0.05, 0) is 24.6 Å². The average molecular weight is 262 g/mol. The Labute approximate surface area is 110 Å². The van der Waals surface area contributed by atoms with Crippen molar-refractivity contribution in [3.63, 3.8) is 0 Å². The Hall–Kier alpha value is -2.21. The number of aliphatic hydroxyl groups excluding tert-OH is 1. The quantitative estimate of drug-likeness (QED) is 0.696. The first-order chi connectivity index (χ1) is 9.28. The molecule has 2 aromatic rings. The molecule has 2 rings (SSSR count). The van der Waals surface area contributed by atoms with E-state index in [-0.39, 0.29) is 12.4 Å². The van der Waals surface area contributed by atoms with Gasteiger partial charge in [-0.25, -0.2) is 14.4 Å². The molecule has 0 atom stereocenters. The van der Waals surface area contributed by atoms with Crippen LogP contribution in [0.15, 0.2) is 36.7 Å². The van der Waals surface area contributed by atoms with Gasteiger partial charge in [0.05, 0.1) is 0 Å². The van der Waals surface area contributed by atoms with E-state index in [1.54, 1.807) is 18.2 Å². The van der Waals surface area contributed by atoms with Crippen LogP contribution in [-0.2, 0) is 0 Å². The van der Waals surface area contributed by atoms with Gasteiger partial charge in [0.25, 0.3) is 0 Å². The molecule has 0 radical (unpaired) electrons. The van der Waals surface area contributed by atoms with Crippen LogP contribution < -0.4 is 10.6 Å². The van der Waals surface area contributed by atoms with Gasteiger partial charge in [-0.2, -0.15) is 0 Å². The van der Waals surface area contributed by atoms with E-state index < -0.39 is 0 Å². The van der Waals surface area contributed by atoms with E-state index in [0.29, 0.717) is 30.3 Å². The number of hydrogen-bond acceptors (Lipinski definition) is 5. The first-order valence-electron chi connectivity index (χ1n) is 5.97. The molecule has 1 heterocycles. The van der Waals surface area contributed by atoms with Crippen molar-refractivity contribution in [2.24, 2.45) is 0 Å².